The first kappa shape index (κ1) is 12.1. The minimum absolute atomic E-state index is 1.29. The molecule has 0 aliphatic heterocycles. The highest BCUT2D eigenvalue weighted by molar-refractivity contribution is 7.78. The van der Waals surface area contributed by atoms with Crippen molar-refractivity contribution in [1.29, 1.82) is 0 Å². The van der Waals surface area contributed by atoms with E-state index in [1.54, 1.807) is 0 Å². The molecule has 48 valence electrons. The first-order valence-corrected chi connectivity index (χ1v) is 5.93. The molecule has 0 rings (SSSR count). The third kappa shape index (κ3) is 11.1. The van der Waals surface area contributed by atoms with E-state index in [0.29, 0.717) is 0 Å². The summed E-state index contributed by atoms with van der Waals surface area (Å²) in [7, 11) is 16.5. The first-order valence-electron chi connectivity index (χ1n) is 5.12. The lowest BCUT2D eigenvalue weighted by Crippen LogP contribution is -2.31. The fourth-order valence-corrected chi connectivity index (χ4v) is 1.57. The quantitative estimate of drug-likeness (QED) is 0.184. The first-order chi connectivity index (χ1) is 5.41. The van der Waals surface area contributed by atoms with Gasteiger partial charge >= 0.3 is 0 Å². The van der Waals surface area contributed by atoms with E-state index in [1.165, 1.54) is 63.4 Å². The van der Waals surface area contributed by atoms with Gasteiger partial charge in [0.15, 0.2) is 0 Å². The van der Waals surface area contributed by atoms with Gasteiger partial charge in [0.2, 0.25) is 0 Å². The van der Waals surface area contributed by atoms with Gasteiger partial charge in [0.25, 0.3) is 0 Å². The Labute approximate surface area is 80.5 Å². The van der Waals surface area contributed by atoms with Crippen molar-refractivity contribution in [2.45, 2.75) is 0 Å². The normalized spacial score (nSPS) is 7.00. The van der Waals surface area contributed by atoms with Gasteiger partial charge in [-0.05, 0) is 0 Å². The lowest BCUT2D eigenvalue weighted by Gasteiger charge is -1.89. The van der Waals surface area contributed by atoms with Crippen molar-refractivity contribution in [3.8, 4) is 0 Å². The van der Waals surface area contributed by atoms with Crippen molar-refractivity contribution in [2.75, 3.05) is 0 Å². The van der Waals surface area contributed by atoms with Gasteiger partial charge in [-0.3, -0.25) is 0 Å². The van der Waals surface area contributed by atoms with Crippen LogP contribution in [0.2, 0.25) is 0 Å². The maximum atomic E-state index is 2.79. The summed E-state index contributed by atoms with van der Waals surface area (Å²) in [5, 5.41) is 0. The van der Waals surface area contributed by atoms with Crippen LogP contribution in [0.4, 0.5) is 0 Å². The fourth-order valence-electron chi connectivity index (χ4n) is 1.28. The molecule has 0 aliphatic rings. The molecule has 0 amide bonds. The molecule has 1 unspecified atom stereocenters. The number of rotatable bonds is 8. The van der Waals surface area contributed by atoms with E-state index in [4.69, 9.17) is 0 Å². The molecule has 0 aromatic carbocycles. The van der Waals surface area contributed by atoms with Crippen LogP contribution in [0.15, 0.2) is 0 Å². The molecule has 0 aromatic heterocycles. The molecule has 0 aromatic rings. The van der Waals surface area contributed by atoms with Crippen molar-refractivity contribution in [3.63, 3.8) is 0 Å². The number of hydrogen-bond acceptors (Lipinski definition) is 0. The zero-order valence-corrected chi connectivity index (χ0v) is 9.10. The van der Waals surface area contributed by atoms with Gasteiger partial charge in [-0.15, -0.1) is 0 Å². The smallest absolute Gasteiger partial charge is 0.101 e. The standard InChI is InChI=1S/B10H13P/c1-2-3-4-5-6-7-8-9-10-11/h2-10H,1,11H2. The van der Waals surface area contributed by atoms with E-state index >= 15 is 0 Å². The average molecular weight is 152 g/mol. The number of hydrogen-bond donors (Lipinski definition) is 0. The van der Waals surface area contributed by atoms with E-state index in [2.05, 4.69) is 16.9 Å². The molecule has 0 heterocycles. The molecule has 11 heteroatoms. The van der Waals surface area contributed by atoms with Crippen molar-refractivity contribution < 1.29 is 0 Å². The highest BCUT2D eigenvalue weighted by atomic mass is 31.0. The topological polar surface area (TPSA) is 0 Å². The fraction of sp³-hybridized carbons (Fsp3) is 0. The summed E-state index contributed by atoms with van der Waals surface area (Å²) in [6, 6.07) is 0. The van der Waals surface area contributed by atoms with Crippen LogP contribution in [-0.2, 0) is 0 Å². The summed E-state index contributed by atoms with van der Waals surface area (Å²) in [5.74, 6) is 0. The van der Waals surface area contributed by atoms with Crippen LogP contribution in [0.3, 0.4) is 0 Å². The van der Waals surface area contributed by atoms with Crippen LogP contribution in [0, 0.1) is 0 Å². The van der Waals surface area contributed by atoms with Crippen molar-refractivity contribution in [2.24, 2.45) is 0 Å². The molecule has 0 nitrogen and oxygen atoms in total. The van der Waals surface area contributed by atoms with Crippen LogP contribution in [0.1, 0.15) is 0 Å². The van der Waals surface area contributed by atoms with Gasteiger partial charge in [-0.2, -0.15) is 9.12 Å². The molecule has 11 heavy (non-hydrogen) atoms. The van der Waals surface area contributed by atoms with Crippen molar-refractivity contribution in [3.05, 3.63) is 0 Å². The van der Waals surface area contributed by atoms with Gasteiger partial charge in [-0.25, -0.2) is 0 Å². The Balaban J connectivity index is 2.69. The maximum Gasteiger partial charge on any atom is 0.101 e. The Morgan fingerprint density at radius 2 is 1.18 bits per heavy atom. The van der Waals surface area contributed by atoms with Crippen LogP contribution >= 0.6 is 9.12 Å². The molecule has 0 spiro atoms. The molecular weight excluding hydrogens is 139 g/mol. The molecule has 0 saturated carbocycles. The van der Waals surface area contributed by atoms with Gasteiger partial charge in [0, 0.05) is 49.4 Å². The lowest BCUT2D eigenvalue weighted by molar-refractivity contribution is 3.83. The average Bonchev–Trinajstić information content (AvgIpc) is 2.03. The predicted octanol–water partition coefficient (Wildman–Crippen LogP) is -6.43. The Morgan fingerprint density at radius 3 is 1.64 bits per heavy atom. The minimum Gasteiger partial charge on any atom is -0.184 e. The monoisotopic (exact) mass is 154 g/mol. The maximum absolute atomic E-state index is 2.79. The Kier molecular flexibility index (Phi) is 12.2. The second-order valence-corrected chi connectivity index (χ2v) is 3.84. The third-order valence-electron chi connectivity index (χ3n) is 2.06. The summed E-state index contributed by atoms with van der Waals surface area (Å²) in [4.78, 5) is 0. The van der Waals surface area contributed by atoms with E-state index in [0.717, 1.165) is 0 Å². The van der Waals surface area contributed by atoms with Crippen LogP contribution in [0.25, 0.3) is 0 Å². The van der Waals surface area contributed by atoms with Gasteiger partial charge in [-0.1, -0.05) is 0 Å². The highest BCUT2D eigenvalue weighted by Crippen LogP contribution is 1.67. The van der Waals surface area contributed by atoms with E-state index in [-0.39, 0.29) is 0 Å². The molecule has 0 saturated heterocycles. The molecule has 0 fully saturated rings. The molecule has 0 bridgehead atoms. The second-order valence-electron chi connectivity index (χ2n) is 3.26. The molecule has 0 radical (unpaired) electrons. The zero-order chi connectivity index (χ0) is 8.36. The Morgan fingerprint density at radius 1 is 0.727 bits per heavy atom. The molecule has 1 atom stereocenters. The van der Waals surface area contributed by atoms with Gasteiger partial charge in [0.1, 0.15) is 6.89 Å². The Bertz CT molecular complexity index is 53.9. The summed E-state index contributed by atoms with van der Waals surface area (Å²) >= 11 is 0. The summed E-state index contributed by atoms with van der Waals surface area (Å²) in [6.07, 6.45) is 0. The van der Waals surface area contributed by atoms with E-state index in [9.17, 15) is 0 Å². The molecule has 0 N–H and O–H groups in total. The van der Waals surface area contributed by atoms with Gasteiger partial charge < -0.3 is 0 Å². The van der Waals surface area contributed by atoms with Crippen molar-refractivity contribution >= 4 is 80.2 Å². The van der Waals surface area contributed by atoms with E-state index in [1.807, 2.05) is 0 Å². The Hall–Kier alpha value is 1.08. The predicted molar refractivity (Wildman–Crippen MR) is 82.6 cm³/mol. The highest BCUT2D eigenvalue weighted by Gasteiger charge is 1.98. The van der Waals surface area contributed by atoms with Crippen LogP contribution < -0.4 is 0 Å². The van der Waals surface area contributed by atoms with E-state index < -0.39 is 0 Å². The van der Waals surface area contributed by atoms with Crippen molar-refractivity contribution in [1.82, 2.24) is 0 Å². The summed E-state index contributed by atoms with van der Waals surface area (Å²) < 4.78 is 0. The summed E-state index contributed by atoms with van der Waals surface area (Å²) in [5.41, 5.74) is 0. The lowest BCUT2D eigenvalue weighted by atomic mass is 8.89. The van der Waals surface area contributed by atoms with Gasteiger partial charge in [0.05, 0.1) is 14.8 Å². The largest absolute Gasteiger partial charge is 0.184 e. The summed E-state index contributed by atoms with van der Waals surface area (Å²) in [6.45, 7) is 1.29. The zero-order valence-electron chi connectivity index (χ0n) is 7.94. The molecule has 0 aliphatic carbocycles. The molecular formula is H13B10P. The third-order valence-corrected chi connectivity index (χ3v) is 2.47. The van der Waals surface area contributed by atoms with Crippen LogP contribution in [-0.4, -0.2) is 71.1 Å². The van der Waals surface area contributed by atoms with Crippen LogP contribution in [0.5, 0.6) is 0 Å². The second kappa shape index (κ2) is 11.1. The minimum atomic E-state index is 1.29. The SMILES string of the molecule is BBBBBBBBBBP.